The molecule has 1 aromatic rings. The minimum Gasteiger partial charge on any atom is -0.311 e. The number of imide groups is 1. The highest BCUT2D eigenvalue weighted by atomic mass is 35.5. The summed E-state index contributed by atoms with van der Waals surface area (Å²) < 4.78 is 0. The second kappa shape index (κ2) is 4.14. The van der Waals surface area contributed by atoms with Crippen molar-refractivity contribution in [3.05, 3.63) is 34.9 Å². The lowest BCUT2D eigenvalue weighted by molar-refractivity contribution is -0.124. The minimum absolute atomic E-state index is 0.126. The van der Waals surface area contributed by atoms with E-state index in [-0.39, 0.29) is 18.5 Å². The number of carbonyl (C=O) groups excluding carboxylic acids is 2. The average molecular weight is 239 g/mol. The van der Waals surface area contributed by atoms with Crippen LogP contribution in [0.25, 0.3) is 0 Å². The molecule has 0 radical (unpaired) electrons. The highest BCUT2D eigenvalue weighted by molar-refractivity contribution is 6.31. The summed E-state index contributed by atoms with van der Waals surface area (Å²) in [5, 5.41) is 0.609. The van der Waals surface area contributed by atoms with Crippen molar-refractivity contribution in [1.82, 2.24) is 9.80 Å². The molecule has 1 fully saturated rings. The Bertz CT molecular complexity index is 447. The number of hydrogen-bond donors (Lipinski definition) is 0. The number of urea groups is 1. The molecule has 0 atom stereocenters. The predicted octanol–water partition coefficient (Wildman–Crippen LogP) is 1.73. The van der Waals surface area contributed by atoms with Crippen molar-refractivity contribution < 1.29 is 9.59 Å². The summed E-state index contributed by atoms with van der Waals surface area (Å²) in [7, 11) is 1.48. The van der Waals surface area contributed by atoms with E-state index in [0.29, 0.717) is 11.6 Å². The van der Waals surface area contributed by atoms with E-state index in [1.54, 1.807) is 6.07 Å². The first kappa shape index (κ1) is 11.0. The molecule has 0 aliphatic carbocycles. The number of amides is 3. The van der Waals surface area contributed by atoms with Crippen LogP contribution in [0, 0.1) is 0 Å². The van der Waals surface area contributed by atoms with E-state index in [1.807, 2.05) is 18.2 Å². The Morgan fingerprint density at radius 2 is 2.00 bits per heavy atom. The van der Waals surface area contributed by atoms with E-state index >= 15 is 0 Å². The number of halogens is 1. The largest absolute Gasteiger partial charge is 0.327 e. The zero-order chi connectivity index (χ0) is 11.7. The minimum atomic E-state index is -0.273. The van der Waals surface area contributed by atoms with E-state index in [2.05, 4.69) is 0 Å². The molecule has 0 unspecified atom stereocenters. The molecule has 1 heterocycles. The SMILES string of the molecule is CN1C(=O)CN(Cc2ccccc2Cl)C1=O. The molecule has 3 amide bonds. The number of rotatable bonds is 2. The number of carbonyl (C=O) groups is 2. The van der Waals surface area contributed by atoms with E-state index in [4.69, 9.17) is 11.6 Å². The fraction of sp³-hybridized carbons (Fsp3) is 0.273. The highest BCUT2D eigenvalue weighted by Gasteiger charge is 2.32. The summed E-state index contributed by atoms with van der Waals surface area (Å²) in [4.78, 5) is 25.5. The van der Waals surface area contributed by atoms with Gasteiger partial charge in [-0.25, -0.2) is 4.79 Å². The predicted molar refractivity (Wildman–Crippen MR) is 60.0 cm³/mol. The van der Waals surface area contributed by atoms with Gasteiger partial charge in [-0.15, -0.1) is 0 Å². The first-order valence-corrected chi connectivity index (χ1v) is 5.26. The smallest absolute Gasteiger partial charge is 0.311 e. The van der Waals surface area contributed by atoms with Crippen molar-refractivity contribution in [3.63, 3.8) is 0 Å². The number of nitrogens with zero attached hydrogens (tertiary/aromatic N) is 2. The lowest BCUT2D eigenvalue weighted by Gasteiger charge is -2.15. The van der Waals surface area contributed by atoms with Gasteiger partial charge in [-0.05, 0) is 11.6 Å². The van der Waals surface area contributed by atoms with Gasteiger partial charge in [0.25, 0.3) is 0 Å². The lowest BCUT2D eigenvalue weighted by Crippen LogP contribution is -2.29. The monoisotopic (exact) mass is 238 g/mol. The summed E-state index contributed by atoms with van der Waals surface area (Å²) in [6, 6.07) is 7.02. The third kappa shape index (κ3) is 1.88. The van der Waals surface area contributed by atoms with Crippen LogP contribution in [0.5, 0.6) is 0 Å². The van der Waals surface area contributed by atoms with Crippen molar-refractivity contribution in [1.29, 1.82) is 0 Å². The third-order valence-electron chi connectivity index (χ3n) is 2.58. The standard InChI is InChI=1S/C11H11ClN2O2/c1-13-10(15)7-14(11(13)16)6-8-4-2-3-5-9(8)12/h2-5H,6-7H2,1H3. The van der Waals surface area contributed by atoms with Crippen LogP contribution < -0.4 is 0 Å². The average Bonchev–Trinajstić information content (AvgIpc) is 2.50. The van der Waals surface area contributed by atoms with Crippen LogP contribution in [0.3, 0.4) is 0 Å². The molecule has 16 heavy (non-hydrogen) atoms. The van der Waals surface area contributed by atoms with Crippen molar-refractivity contribution in [3.8, 4) is 0 Å². The van der Waals surface area contributed by atoms with Gasteiger partial charge in [-0.3, -0.25) is 9.69 Å². The van der Waals surface area contributed by atoms with Gasteiger partial charge in [0.15, 0.2) is 0 Å². The van der Waals surface area contributed by atoms with E-state index in [1.165, 1.54) is 11.9 Å². The Morgan fingerprint density at radius 3 is 2.56 bits per heavy atom. The second-order valence-electron chi connectivity index (χ2n) is 3.68. The van der Waals surface area contributed by atoms with Crippen LogP contribution in [0.1, 0.15) is 5.56 Å². The van der Waals surface area contributed by atoms with Gasteiger partial charge < -0.3 is 4.90 Å². The third-order valence-corrected chi connectivity index (χ3v) is 2.95. The second-order valence-corrected chi connectivity index (χ2v) is 4.09. The Kier molecular flexibility index (Phi) is 2.83. The summed E-state index contributed by atoms with van der Waals surface area (Å²) in [6.07, 6.45) is 0. The van der Waals surface area contributed by atoms with Gasteiger partial charge in [-0.1, -0.05) is 29.8 Å². The fourth-order valence-electron chi connectivity index (χ4n) is 1.61. The summed E-state index contributed by atoms with van der Waals surface area (Å²) in [5.74, 6) is -0.183. The van der Waals surface area contributed by atoms with Gasteiger partial charge in [0, 0.05) is 18.6 Å². The van der Waals surface area contributed by atoms with Gasteiger partial charge >= 0.3 is 6.03 Å². The molecule has 1 aromatic carbocycles. The maximum absolute atomic E-state index is 11.6. The Balaban J connectivity index is 2.15. The lowest BCUT2D eigenvalue weighted by atomic mass is 10.2. The maximum atomic E-state index is 11.6. The van der Waals surface area contributed by atoms with Crippen LogP contribution in [-0.4, -0.2) is 35.3 Å². The Labute approximate surface area is 98.4 Å². The number of hydrogen-bond acceptors (Lipinski definition) is 2. The molecule has 0 aromatic heterocycles. The Hall–Kier alpha value is -1.55. The molecule has 5 heteroatoms. The first-order chi connectivity index (χ1) is 7.59. The topological polar surface area (TPSA) is 40.6 Å². The molecule has 1 aliphatic heterocycles. The molecular weight excluding hydrogens is 228 g/mol. The van der Waals surface area contributed by atoms with Gasteiger partial charge in [0.1, 0.15) is 6.54 Å². The van der Waals surface area contributed by atoms with E-state index in [9.17, 15) is 9.59 Å². The quantitative estimate of drug-likeness (QED) is 0.737. The van der Waals surface area contributed by atoms with Crippen molar-refractivity contribution in [2.75, 3.05) is 13.6 Å². The zero-order valence-corrected chi connectivity index (χ0v) is 9.57. The number of benzene rings is 1. The van der Waals surface area contributed by atoms with Crippen LogP contribution in [0.15, 0.2) is 24.3 Å². The molecule has 1 aliphatic rings. The molecule has 2 rings (SSSR count). The summed E-state index contributed by atoms with van der Waals surface area (Å²) in [5.41, 5.74) is 0.848. The van der Waals surface area contributed by atoms with Crippen LogP contribution in [-0.2, 0) is 11.3 Å². The molecule has 4 nitrogen and oxygen atoms in total. The van der Waals surface area contributed by atoms with Crippen LogP contribution >= 0.6 is 11.6 Å². The molecule has 0 bridgehead atoms. The number of likely N-dealkylation sites (N-methyl/N-ethyl adjacent to an activating group) is 1. The van der Waals surface area contributed by atoms with Crippen LogP contribution in [0.4, 0.5) is 4.79 Å². The van der Waals surface area contributed by atoms with E-state index < -0.39 is 0 Å². The molecule has 1 saturated heterocycles. The molecule has 0 saturated carbocycles. The van der Waals surface area contributed by atoms with Gasteiger partial charge in [0.2, 0.25) is 5.91 Å². The van der Waals surface area contributed by atoms with Gasteiger partial charge in [-0.2, -0.15) is 0 Å². The summed E-state index contributed by atoms with van der Waals surface area (Å²) in [6.45, 7) is 0.495. The van der Waals surface area contributed by atoms with Crippen molar-refractivity contribution in [2.24, 2.45) is 0 Å². The first-order valence-electron chi connectivity index (χ1n) is 4.88. The maximum Gasteiger partial charge on any atom is 0.327 e. The van der Waals surface area contributed by atoms with Crippen molar-refractivity contribution >= 4 is 23.5 Å². The summed E-state index contributed by atoms with van der Waals surface area (Å²) >= 11 is 5.99. The van der Waals surface area contributed by atoms with E-state index in [0.717, 1.165) is 10.5 Å². The van der Waals surface area contributed by atoms with Gasteiger partial charge in [0.05, 0.1) is 0 Å². The van der Waals surface area contributed by atoms with Crippen LogP contribution in [0.2, 0.25) is 5.02 Å². The molecule has 0 spiro atoms. The van der Waals surface area contributed by atoms with Crippen molar-refractivity contribution in [2.45, 2.75) is 6.54 Å². The Morgan fingerprint density at radius 1 is 1.31 bits per heavy atom. The highest BCUT2D eigenvalue weighted by Crippen LogP contribution is 2.19. The molecule has 84 valence electrons. The molecular formula is C11H11ClN2O2. The molecule has 0 N–H and O–H groups in total. The normalized spacial score (nSPS) is 16.1. The zero-order valence-electron chi connectivity index (χ0n) is 8.81. The fourth-order valence-corrected chi connectivity index (χ4v) is 1.81.